The number of amides is 1. The zero-order chi connectivity index (χ0) is 20.7. The lowest BCUT2D eigenvalue weighted by Crippen LogP contribution is -2.22. The molecule has 0 spiro atoms. The highest BCUT2D eigenvalue weighted by molar-refractivity contribution is 7.15. The van der Waals surface area contributed by atoms with Gasteiger partial charge in [-0.3, -0.25) is 4.79 Å². The van der Waals surface area contributed by atoms with Crippen LogP contribution in [-0.2, 0) is 4.79 Å². The van der Waals surface area contributed by atoms with Crippen molar-refractivity contribution in [2.45, 2.75) is 12.3 Å². The van der Waals surface area contributed by atoms with Crippen LogP contribution in [0.4, 0.5) is 5.69 Å². The second-order valence-corrected chi connectivity index (χ2v) is 8.08. The molecule has 0 radical (unpaired) electrons. The fourth-order valence-electron chi connectivity index (χ4n) is 3.51. The maximum Gasteiger partial charge on any atom is 0.346 e. The Morgan fingerprint density at radius 2 is 1.97 bits per heavy atom. The number of fused-ring (bicyclic) bond motifs is 1. The van der Waals surface area contributed by atoms with Crippen LogP contribution in [0.5, 0.6) is 11.5 Å². The molecule has 3 aromatic rings. The molecular formula is C21H16ClNO5S. The van der Waals surface area contributed by atoms with Crippen LogP contribution in [0.15, 0.2) is 42.5 Å². The van der Waals surface area contributed by atoms with Crippen molar-refractivity contribution < 1.29 is 24.5 Å². The standard InChI is InChI=1S/C21H16ClNO5S/c1-28-15-8-11(4-7-14(15)24)13-9-16(25)23-18-17(10-2-5-12(22)6-3-10)20(21(26)27)29-19(13)18/h2-8,13,24H,9H2,1H3,(H,23,25)(H,26,27)/t13-/m0/s1. The Kier molecular flexibility index (Phi) is 4.94. The summed E-state index contributed by atoms with van der Waals surface area (Å²) >= 11 is 7.11. The zero-order valence-corrected chi connectivity index (χ0v) is 16.8. The Hall–Kier alpha value is -3.03. The van der Waals surface area contributed by atoms with E-state index in [-0.39, 0.29) is 28.9 Å². The highest BCUT2D eigenvalue weighted by Gasteiger charge is 2.34. The first-order valence-electron chi connectivity index (χ1n) is 8.71. The predicted molar refractivity (Wildman–Crippen MR) is 111 cm³/mol. The molecule has 1 aliphatic heterocycles. The second-order valence-electron chi connectivity index (χ2n) is 6.59. The largest absolute Gasteiger partial charge is 0.504 e. The molecule has 8 heteroatoms. The number of nitrogens with one attached hydrogen (secondary N) is 1. The summed E-state index contributed by atoms with van der Waals surface area (Å²) < 4.78 is 5.19. The first-order valence-corrected chi connectivity index (χ1v) is 9.91. The van der Waals surface area contributed by atoms with Crippen molar-refractivity contribution in [1.29, 1.82) is 0 Å². The summed E-state index contributed by atoms with van der Waals surface area (Å²) in [6.07, 6.45) is 0.167. The van der Waals surface area contributed by atoms with Gasteiger partial charge in [0.1, 0.15) is 4.88 Å². The molecule has 4 rings (SSSR count). The number of benzene rings is 2. The molecule has 0 unspecified atom stereocenters. The first-order chi connectivity index (χ1) is 13.9. The van der Waals surface area contributed by atoms with Gasteiger partial charge in [0.2, 0.25) is 5.91 Å². The van der Waals surface area contributed by atoms with E-state index < -0.39 is 5.97 Å². The molecule has 2 heterocycles. The van der Waals surface area contributed by atoms with Crippen molar-refractivity contribution in [3.8, 4) is 22.6 Å². The maximum absolute atomic E-state index is 12.5. The minimum Gasteiger partial charge on any atom is -0.504 e. The second kappa shape index (κ2) is 7.42. The molecule has 0 saturated carbocycles. The number of aromatic carboxylic acids is 1. The monoisotopic (exact) mass is 429 g/mol. The molecule has 148 valence electrons. The Morgan fingerprint density at radius 3 is 2.62 bits per heavy atom. The number of rotatable bonds is 4. The lowest BCUT2D eigenvalue weighted by atomic mass is 9.88. The van der Waals surface area contributed by atoms with E-state index in [0.717, 1.165) is 21.8 Å². The minimum absolute atomic E-state index is 0.00371. The molecule has 1 amide bonds. The van der Waals surface area contributed by atoms with E-state index in [1.54, 1.807) is 36.4 Å². The summed E-state index contributed by atoms with van der Waals surface area (Å²) in [4.78, 5) is 25.4. The van der Waals surface area contributed by atoms with Crippen LogP contribution in [0, 0.1) is 0 Å². The highest BCUT2D eigenvalue weighted by Crippen LogP contribution is 2.50. The van der Waals surface area contributed by atoms with Gasteiger partial charge in [-0.05, 0) is 35.4 Å². The number of hydrogen-bond donors (Lipinski definition) is 3. The molecule has 1 aromatic heterocycles. The van der Waals surface area contributed by atoms with Crippen molar-refractivity contribution in [3.05, 3.63) is 62.8 Å². The Bertz CT molecular complexity index is 1120. The summed E-state index contributed by atoms with van der Waals surface area (Å²) in [6, 6.07) is 11.7. The van der Waals surface area contributed by atoms with Gasteiger partial charge in [0.15, 0.2) is 11.5 Å². The number of thiophene rings is 1. The van der Waals surface area contributed by atoms with Crippen LogP contribution in [-0.4, -0.2) is 29.2 Å². The van der Waals surface area contributed by atoms with Crippen molar-refractivity contribution in [2.75, 3.05) is 12.4 Å². The molecule has 0 saturated heterocycles. The number of aromatic hydroxyl groups is 1. The summed E-state index contributed by atoms with van der Waals surface area (Å²) in [5.41, 5.74) is 2.39. The van der Waals surface area contributed by atoms with E-state index in [2.05, 4.69) is 5.32 Å². The van der Waals surface area contributed by atoms with Gasteiger partial charge >= 0.3 is 5.97 Å². The van der Waals surface area contributed by atoms with E-state index in [1.807, 2.05) is 0 Å². The SMILES string of the molecule is COc1cc([C@@H]2CC(=O)Nc3c2sc(C(=O)O)c3-c2ccc(Cl)cc2)ccc1O. The number of anilines is 1. The fourth-order valence-corrected chi connectivity index (χ4v) is 4.88. The highest BCUT2D eigenvalue weighted by atomic mass is 35.5. The molecule has 1 aliphatic rings. The number of carbonyl (C=O) groups is 2. The molecule has 0 fully saturated rings. The molecule has 3 N–H and O–H groups in total. The minimum atomic E-state index is -1.06. The molecule has 2 aromatic carbocycles. The van der Waals surface area contributed by atoms with E-state index in [1.165, 1.54) is 13.2 Å². The Labute approximate surface area is 175 Å². The summed E-state index contributed by atoms with van der Waals surface area (Å²) in [6.45, 7) is 0. The Balaban J connectivity index is 1.92. The lowest BCUT2D eigenvalue weighted by Gasteiger charge is -2.24. The number of halogens is 1. The van der Waals surface area contributed by atoms with Crippen molar-refractivity contribution in [1.82, 2.24) is 0 Å². The molecule has 6 nitrogen and oxygen atoms in total. The normalized spacial score (nSPS) is 15.5. The Morgan fingerprint density at radius 1 is 1.24 bits per heavy atom. The van der Waals surface area contributed by atoms with Crippen LogP contribution < -0.4 is 10.1 Å². The topological polar surface area (TPSA) is 95.9 Å². The van der Waals surface area contributed by atoms with Gasteiger partial charge < -0.3 is 20.3 Å². The third-order valence-corrected chi connectivity index (χ3v) is 6.38. The number of phenolic OH excluding ortho intramolecular Hbond substituents is 1. The molecule has 29 heavy (non-hydrogen) atoms. The third-order valence-electron chi connectivity index (χ3n) is 4.84. The smallest absolute Gasteiger partial charge is 0.346 e. The lowest BCUT2D eigenvalue weighted by molar-refractivity contribution is -0.116. The number of carboxylic acid groups (broad SMARTS) is 1. The van der Waals surface area contributed by atoms with E-state index in [4.69, 9.17) is 16.3 Å². The van der Waals surface area contributed by atoms with Crippen LogP contribution in [0.3, 0.4) is 0 Å². The summed E-state index contributed by atoms with van der Waals surface area (Å²) in [5, 5.41) is 23.1. The molecule has 1 atom stereocenters. The van der Waals surface area contributed by atoms with Crippen LogP contribution in [0.2, 0.25) is 5.02 Å². The number of ether oxygens (including phenoxy) is 1. The average molecular weight is 430 g/mol. The quantitative estimate of drug-likeness (QED) is 0.545. The van der Waals surface area contributed by atoms with E-state index >= 15 is 0 Å². The fraction of sp³-hybridized carbons (Fsp3) is 0.143. The van der Waals surface area contributed by atoms with Gasteiger partial charge in [0.05, 0.1) is 12.8 Å². The van der Waals surface area contributed by atoms with Crippen molar-refractivity contribution in [2.24, 2.45) is 0 Å². The van der Waals surface area contributed by atoms with E-state index in [0.29, 0.717) is 27.6 Å². The molecular weight excluding hydrogens is 414 g/mol. The van der Waals surface area contributed by atoms with Gasteiger partial charge in [0.25, 0.3) is 0 Å². The van der Waals surface area contributed by atoms with Crippen LogP contribution in [0.25, 0.3) is 11.1 Å². The van der Waals surface area contributed by atoms with E-state index in [9.17, 15) is 19.8 Å². The van der Waals surface area contributed by atoms with Crippen molar-refractivity contribution in [3.63, 3.8) is 0 Å². The number of phenols is 1. The van der Waals surface area contributed by atoms with Gasteiger partial charge in [0, 0.05) is 27.8 Å². The van der Waals surface area contributed by atoms with Crippen LogP contribution in [0.1, 0.15) is 32.5 Å². The van der Waals surface area contributed by atoms with Crippen molar-refractivity contribution >= 4 is 40.5 Å². The van der Waals surface area contributed by atoms with Gasteiger partial charge in [-0.15, -0.1) is 11.3 Å². The molecule has 0 aliphatic carbocycles. The molecule has 0 bridgehead atoms. The summed E-state index contributed by atoms with van der Waals surface area (Å²) in [5.74, 6) is -1.33. The van der Waals surface area contributed by atoms with Crippen LogP contribution >= 0.6 is 22.9 Å². The third kappa shape index (κ3) is 3.43. The predicted octanol–water partition coefficient (Wildman–Crippen LogP) is 4.96. The number of hydrogen-bond acceptors (Lipinski definition) is 5. The summed E-state index contributed by atoms with van der Waals surface area (Å²) in [7, 11) is 1.45. The number of methoxy groups -OCH3 is 1. The van der Waals surface area contributed by atoms with Gasteiger partial charge in [-0.1, -0.05) is 29.8 Å². The average Bonchev–Trinajstić information content (AvgIpc) is 3.08. The number of carbonyl (C=O) groups excluding carboxylic acids is 1. The maximum atomic E-state index is 12.5. The number of carboxylic acids is 1. The zero-order valence-electron chi connectivity index (χ0n) is 15.2. The van der Waals surface area contributed by atoms with Gasteiger partial charge in [-0.25, -0.2) is 4.79 Å². The van der Waals surface area contributed by atoms with Gasteiger partial charge in [-0.2, -0.15) is 0 Å². The first kappa shape index (κ1) is 19.3.